The maximum atomic E-state index is 8.97. The quantitative estimate of drug-likeness (QED) is 0.609. The van der Waals surface area contributed by atoms with Gasteiger partial charge < -0.3 is 15.3 Å². The molecular weight excluding hydrogens is 438 g/mol. The molecule has 6 heteroatoms. The van der Waals surface area contributed by atoms with Gasteiger partial charge in [-0.25, -0.2) is 0 Å². The van der Waals surface area contributed by atoms with Crippen molar-refractivity contribution in [3.05, 3.63) is 98.7 Å². The van der Waals surface area contributed by atoms with E-state index < -0.39 is 0 Å². The van der Waals surface area contributed by atoms with E-state index in [-0.39, 0.29) is 23.7 Å². The van der Waals surface area contributed by atoms with Gasteiger partial charge in [-0.05, 0) is 88.6 Å². The molecule has 0 amide bonds. The summed E-state index contributed by atoms with van der Waals surface area (Å²) >= 11 is 6.03. The number of rotatable bonds is 7. The summed E-state index contributed by atoms with van der Waals surface area (Å²) in [5, 5.41) is 14.2. The Morgan fingerprint density at radius 1 is 1.03 bits per heavy atom. The zero-order chi connectivity index (χ0) is 20.5. The van der Waals surface area contributed by atoms with Crippen LogP contribution in [0.4, 0.5) is 5.69 Å². The van der Waals surface area contributed by atoms with Gasteiger partial charge in [-0.3, -0.25) is 4.98 Å². The minimum absolute atomic E-state index is 0. The van der Waals surface area contributed by atoms with E-state index in [0.717, 1.165) is 29.7 Å². The topological polar surface area (TPSA) is 48.4 Å². The Hall–Kier alpha value is -0.841. The minimum Gasteiger partial charge on any atom is -0.395 e. The summed E-state index contributed by atoms with van der Waals surface area (Å²) in [5.41, 5.74) is 1.94. The Labute approximate surface area is 197 Å². The summed E-state index contributed by atoms with van der Waals surface area (Å²) in [6.45, 7) is 2.47. The molecule has 0 unspecified atom stereocenters. The molecule has 0 atom stereocenters. The van der Waals surface area contributed by atoms with E-state index in [1.54, 1.807) is 6.20 Å². The molecule has 1 aromatic heterocycles. The van der Waals surface area contributed by atoms with Crippen LogP contribution in [0.1, 0.15) is 0 Å². The van der Waals surface area contributed by atoms with Crippen LogP contribution in [0.15, 0.2) is 30.5 Å². The molecule has 156 valence electrons. The molecule has 0 saturated heterocycles. The number of aliphatic hydroxyl groups is 1. The van der Waals surface area contributed by atoms with Crippen LogP contribution in [0.25, 0.3) is 10.9 Å². The average Bonchev–Trinajstić information content (AvgIpc) is 3.41. The zero-order valence-electron chi connectivity index (χ0n) is 16.9. The molecule has 10 radical (unpaired) electrons. The second kappa shape index (κ2) is 13.5. The van der Waals surface area contributed by atoms with E-state index in [4.69, 9.17) is 16.7 Å². The number of aliphatic hydroxyl groups excluding tert-OH is 1. The summed E-state index contributed by atoms with van der Waals surface area (Å²) in [6.07, 6.45) is 18.3. The van der Waals surface area contributed by atoms with Gasteiger partial charge >= 0.3 is 17.1 Å². The van der Waals surface area contributed by atoms with E-state index >= 15 is 0 Å². The van der Waals surface area contributed by atoms with Crippen molar-refractivity contribution in [1.29, 1.82) is 0 Å². The van der Waals surface area contributed by atoms with Gasteiger partial charge in [-0.2, -0.15) is 0 Å². The van der Waals surface area contributed by atoms with Crippen LogP contribution in [0.5, 0.6) is 0 Å². The van der Waals surface area contributed by atoms with Gasteiger partial charge in [0.05, 0.1) is 12.1 Å². The second-order valence-electron chi connectivity index (χ2n) is 6.92. The fourth-order valence-corrected chi connectivity index (χ4v) is 3.28. The number of likely N-dealkylation sites (N-methyl/N-ethyl adjacent to an activating group) is 1. The molecule has 2 aliphatic carbocycles. The average molecular weight is 464 g/mol. The molecule has 2 aromatic rings. The molecule has 0 bridgehead atoms. The summed E-state index contributed by atoms with van der Waals surface area (Å²) in [5.74, 6) is 2.50. The van der Waals surface area contributed by atoms with E-state index in [2.05, 4.69) is 34.5 Å². The molecule has 2 saturated carbocycles. The number of fused-ring (bicyclic) bond motifs is 1. The molecule has 2 fully saturated rings. The first-order valence-electron chi connectivity index (χ1n) is 9.64. The first-order chi connectivity index (χ1) is 14.2. The molecule has 1 aromatic carbocycles. The van der Waals surface area contributed by atoms with E-state index in [1.165, 1.54) is 11.8 Å². The third-order valence-corrected chi connectivity index (χ3v) is 4.79. The normalized spacial score (nSPS) is 17.1. The fraction of sp³-hybridized carbons (Fsp3) is 0.208. The fourth-order valence-electron chi connectivity index (χ4n) is 3.11. The van der Waals surface area contributed by atoms with Crippen molar-refractivity contribution in [2.24, 2.45) is 0 Å². The van der Waals surface area contributed by atoms with Gasteiger partial charge in [0.25, 0.3) is 0 Å². The van der Waals surface area contributed by atoms with Crippen LogP contribution in [-0.2, 0) is 17.1 Å². The molecule has 1 heterocycles. The smallest absolute Gasteiger partial charge is 0.395 e. The molecule has 4 nitrogen and oxygen atoms in total. The Kier molecular flexibility index (Phi) is 11.5. The van der Waals surface area contributed by atoms with Crippen LogP contribution in [0, 0.1) is 63.2 Å². The Balaban J connectivity index is 0.000000468. The molecule has 0 aliphatic heterocycles. The molecule has 0 spiro atoms. The SMILES string of the molecule is CN(CCO)C[C]1[CH][CH][C](CNc2ccnc3cc(Cl)ccc23)[CH]1.[CH]1[CH][CH][CH][CH]1.[Fe+2]. The molecular formula is C24H26ClFeN3O+2. The van der Waals surface area contributed by atoms with Gasteiger partial charge in [0.2, 0.25) is 0 Å². The van der Waals surface area contributed by atoms with Crippen LogP contribution < -0.4 is 5.32 Å². The Morgan fingerprint density at radius 3 is 2.43 bits per heavy atom. The predicted octanol–water partition coefficient (Wildman–Crippen LogP) is 4.02. The number of halogens is 1. The Morgan fingerprint density at radius 2 is 1.73 bits per heavy atom. The van der Waals surface area contributed by atoms with E-state index in [9.17, 15) is 0 Å². The van der Waals surface area contributed by atoms with E-state index in [1.807, 2.05) is 63.4 Å². The van der Waals surface area contributed by atoms with Crippen LogP contribution in [-0.4, -0.2) is 48.3 Å². The number of benzene rings is 1. The largest absolute Gasteiger partial charge is 2.00 e. The zero-order valence-corrected chi connectivity index (χ0v) is 18.8. The van der Waals surface area contributed by atoms with Crippen molar-refractivity contribution in [1.82, 2.24) is 9.88 Å². The molecule has 4 rings (SSSR count). The monoisotopic (exact) mass is 463 g/mol. The number of pyridine rings is 1. The summed E-state index contributed by atoms with van der Waals surface area (Å²) in [7, 11) is 2.01. The first kappa shape index (κ1) is 25.4. The number of nitrogens with zero attached hydrogens (tertiary/aromatic N) is 2. The predicted molar refractivity (Wildman–Crippen MR) is 121 cm³/mol. The standard InChI is InChI=1S/C19H21ClN3O.C5H5.Fe/c1-23(8-9-24)13-15-3-2-14(10-15)12-22-18-6-7-21-19-11-16(20)4-5-17(18)19;1-2-4-5-3-1;/h2-7,10-11,24H,8-9,12-13H2,1H3,(H,21,22);1-5H;/q;;+2. The molecule has 2 N–H and O–H groups in total. The van der Waals surface area contributed by atoms with Gasteiger partial charge in [0, 0.05) is 47.8 Å². The molecule has 2 aliphatic rings. The van der Waals surface area contributed by atoms with Gasteiger partial charge in [-0.15, -0.1) is 0 Å². The van der Waals surface area contributed by atoms with Crippen molar-refractivity contribution >= 4 is 28.2 Å². The second-order valence-corrected chi connectivity index (χ2v) is 7.36. The summed E-state index contributed by atoms with van der Waals surface area (Å²) in [4.78, 5) is 6.47. The van der Waals surface area contributed by atoms with Gasteiger partial charge in [-0.1, -0.05) is 11.6 Å². The van der Waals surface area contributed by atoms with Crippen molar-refractivity contribution in [3.63, 3.8) is 0 Å². The van der Waals surface area contributed by atoms with Crippen LogP contribution in [0.2, 0.25) is 5.02 Å². The maximum Gasteiger partial charge on any atom is 2.00 e. The molecule has 30 heavy (non-hydrogen) atoms. The van der Waals surface area contributed by atoms with Crippen molar-refractivity contribution in [3.8, 4) is 0 Å². The number of hydrogen-bond acceptors (Lipinski definition) is 4. The van der Waals surface area contributed by atoms with Crippen molar-refractivity contribution in [2.45, 2.75) is 0 Å². The first-order valence-corrected chi connectivity index (χ1v) is 10.0. The van der Waals surface area contributed by atoms with Crippen molar-refractivity contribution in [2.75, 3.05) is 38.6 Å². The van der Waals surface area contributed by atoms with Gasteiger partial charge in [0.1, 0.15) is 0 Å². The Bertz CT molecular complexity index is 749. The van der Waals surface area contributed by atoms with Crippen molar-refractivity contribution < 1.29 is 22.2 Å². The van der Waals surface area contributed by atoms with Gasteiger partial charge in [0.15, 0.2) is 0 Å². The summed E-state index contributed by atoms with van der Waals surface area (Å²) in [6, 6.07) is 7.73. The number of nitrogens with one attached hydrogen (secondary N) is 1. The summed E-state index contributed by atoms with van der Waals surface area (Å²) < 4.78 is 0. The number of anilines is 1. The minimum atomic E-state index is 0. The number of hydrogen-bond donors (Lipinski definition) is 2. The van der Waals surface area contributed by atoms with Crippen LogP contribution in [0.3, 0.4) is 0 Å². The maximum absolute atomic E-state index is 8.97. The van der Waals surface area contributed by atoms with E-state index in [0.29, 0.717) is 11.6 Å². The third kappa shape index (κ3) is 8.01. The third-order valence-electron chi connectivity index (χ3n) is 4.56. The van der Waals surface area contributed by atoms with Crippen LogP contribution >= 0.6 is 11.6 Å². The number of aromatic nitrogens is 1.